The number of carbonyl (C=O) groups is 2. The Bertz CT molecular complexity index is 1090. The van der Waals surface area contributed by atoms with Gasteiger partial charge in [-0.3, -0.25) is 15.1 Å². The first kappa shape index (κ1) is 22.7. The molecule has 0 aliphatic carbocycles. The molecule has 1 N–H and O–H groups in total. The van der Waals surface area contributed by atoms with Gasteiger partial charge >= 0.3 is 11.9 Å². The summed E-state index contributed by atoms with van der Waals surface area (Å²) in [5.74, 6) is -1.89. The number of non-ortho nitro benzene ring substituents is 1. The van der Waals surface area contributed by atoms with E-state index in [9.17, 15) is 19.7 Å². The van der Waals surface area contributed by atoms with E-state index in [1.807, 2.05) is 30.3 Å². The van der Waals surface area contributed by atoms with Gasteiger partial charge in [-0.1, -0.05) is 30.3 Å². The summed E-state index contributed by atoms with van der Waals surface area (Å²) in [5, 5.41) is 19.9. The second-order valence-electron chi connectivity index (χ2n) is 7.63. The zero-order chi connectivity index (χ0) is 23.3. The lowest BCUT2D eigenvalue weighted by Crippen LogP contribution is -2.52. The van der Waals surface area contributed by atoms with Gasteiger partial charge in [0.15, 0.2) is 6.10 Å². The minimum atomic E-state index is -1.28. The van der Waals surface area contributed by atoms with E-state index in [1.165, 1.54) is 18.2 Å². The van der Waals surface area contributed by atoms with E-state index in [0.29, 0.717) is 30.3 Å². The zero-order valence-electron chi connectivity index (χ0n) is 17.6. The number of nitro benzene ring substituents is 1. The first-order valence-electron chi connectivity index (χ1n) is 9.85. The summed E-state index contributed by atoms with van der Waals surface area (Å²) < 4.78 is 11.5. The van der Waals surface area contributed by atoms with Gasteiger partial charge < -0.3 is 14.6 Å². The van der Waals surface area contributed by atoms with Gasteiger partial charge in [0.2, 0.25) is 0 Å². The van der Waals surface area contributed by atoms with Crippen LogP contribution in [0.1, 0.15) is 25.0 Å². The van der Waals surface area contributed by atoms with Crippen molar-refractivity contribution in [3.8, 4) is 5.75 Å². The lowest BCUT2D eigenvalue weighted by Gasteiger charge is -2.39. The van der Waals surface area contributed by atoms with E-state index in [2.05, 4.69) is 4.99 Å². The third kappa shape index (κ3) is 5.37. The smallest absolute Gasteiger partial charge is 0.331 e. The van der Waals surface area contributed by atoms with Crippen molar-refractivity contribution in [2.75, 3.05) is 6.54 Å². The molecule has 1 atom stereocenters. The highest BCUT2D eigenvalue weighted by molar-refractivity contribution is 6.09. The molecular formula is C23H22N2O7. The Morgan fingerprint density at radius 3 is 2.59 bits per heavy atom. The Morgan fingerprint density at radius 1 is 1.22 bits per heavy atom. The Morgan fingerprint density at radius 2 is 1.94 bits per heavy atom. The average Bonchev–Trinajstić information content (AvgIpc) is 2.74. The molecule has 1 aliphatic heterocycles. The highest BCUT2D eigenvalue weighted by Gasteiger charge is 2.44. The first-order chi connectivity index (χ1) is 15.2. The Balaban J connectivity index is 1.98. The summed E-state index contributed by atoms with van der Waals surface area (Å²) in [6.07, 6.45) is 1.17. The molecule has 0 saturated carbocycles. The summed E-state index contributed by atoms with van der Waals surface area (Å²) in [6, 6.07) is 13.9. The Kier molecular flexibility index (Phi) is 6.67. The normalized spacial score (nSPS) is 18.1. The molecule has 3 rings (SSSR count). The Labute approximate surface area is 184 Å². The predicted octanol–water partition coefficient (Wildman–Crippen LogP) is 3.35. The van der Waals surface area contributed by atoms with E-state index < -0.39 is 28.6 Å². The maximum atomic E-state index is 12.2. The lowest BCUT2D eigenvalue weighted by molar-refractivity contribution is -0.385. The summed E-state index contributed by atoms with van der Waals surface area (Å²) in [6.45, 7) is 3.71. The molecule has 32 heavy (non-hydrogen) atoms. The van der Waals surface area contributed by atoms with E-state index in [-0.39, 0.29) is 11.4 Å². The number of nitrogens with zero attached hydrogens (tertiary/aromatic N) is 2. The van der Waals surface area contributed by atoms with Crippen LogP contribution < -0.4 is 4.74 Å². The highest BCUT2D eigenvalue weighted by atomic mass is 16.6. The van der Waals surface area contributed by atoms with Crippen molar-refractivity contribution < 1.29 is 29.1 Å². The number of aliphatic imine (C=N–C) groups is 1. The molecule has 0 fully saturated rings. The molecule has 1 aliphatic rings. The van der Waals surface area contributed by atoms with Crippen molar-refractivity contribution in [1.29, 1.82) is 0 Å². The number of nitro groups is 1. The largest absolute Gasteiger partial charge is 0.483 e. The van der Waals surface area contributed by atoms with E-state index >= 15 is 0 Å². The fourth-order valence-electron chi connectivity index (χ4n) is 3.34. The molecule has 2 aromatic carbocycles. The third-order valence-electron chi connectivity index (χ3n) is 4.83. The Hall–Kier alpha value is -4.01. The summed E-state index contributed by atoms with van der Waals surface area (Å²) in [7, 11) is 0. The molecule has 0 saturated heterocycles. The van der Waals surface area contributed by atoms with Gasteiger partial charge in [-0.25, -0.2) is 9.59 Å². The third-order valence-corrected chi connectivity index (χ3v) is 4.83. The summed E-state index contributed by atoms with van der Waals surface area (Å²) >= 11 is 0. The summed E-state index contributed by atoms with van der Waals surface area (Å²) in [5.41, 5.74) is 0.704. The van der Waals surface area contributed by atoms with Crippen molar-refractivity contribution in [2.24, 2.45) is 4.99 Å². The van der Waals surface area contributed by atoms with Crippen molar-refractivity contribution in [1.82, 2.24) is 0 Å². The van der Waals surface area contributed by atoms with Crippen LogP contribution in [0.15, 0.2) is 65.7 Å². The van der Waals surface area contributed by atoms with Gasteiger partial charge in [0.1, 0.15) is 11.4 Å². The first-order valence-corrected chi connectivity index (χ1v) is 9.85. The van der Waals surface area contributed by atoms with E-state index in [1.54, 1.807) is 13.8 Å². The molecule has 1 heterocycles. The number of carboxylic acids is 1. The molecule has 9 heteroatoms. The second kappa shape index (κ2) is 9.42. The van der Waals surface area contributed by atoms with Gasteiger partial charge in [0.05, 0.1) is 16.7 Å². The number of fused-ring (bicyclic) bond motifs is 1. The molecular weight excluding hydrogens is 416 g/mol. The number of aliphatic carboxylic acids is 1. The number of rotatable bonds is 7. The molecule has 9 nitrogen and oxygen atoms in total. The van der Waals surface area contributed by atoms with Gasteiger partial charge in [-0.2, -0.15) is 0 Å². The lowest BCUT2D eigenvalue weighted by atomic mass is 9.88. The van der Waals surface area contributed by atoms with E-state index in [4.69, 9.17) is 14.6 Å². The molecule has 0 bridgehead atoms. The number of benzene rings is 2. The fraction of sp³-hybridized carbons (Fsp3) is 0.261. The van der Waals surface area contributed by atoms with Crippen LogP contribution in [0.2, 0.25) is 0 Å². The van der Waals surface area contributed by atoms with Crippen LogP contribution in [0.25, 0.3) is 0 Å². The van der Waals surface area contributed by atoms with Crippen LogP contribution in [0, 0.1) is 10.1 Å². The van der Waals surface area contributed by atoms with Gasteiger partial charge in [-0.15, -0.1) is 0 Å². The number of esters is 1. The van der Waals surface area contributed by atoms with Crippen molar-refractivity contribution >= 4 is 23.3 Å². The molecule has 0 radical (unpaired) electrons. The molecule has 0 aromatic heterocycles. The highest BCUT2D eigenvalue weighted by Crippen LogP contribution is 2.37. The number of ether oxygens (including phenoxy) is 2. The van der Waals surface area contributed by atoms with Crippen LogP contribution in [0.4, 0.5) is 5.69 Å². The van der Waals surface area contributed by atoms with Crippen LogP contribution in [0.3, 0.4) is 0 Å². The van der Waals surface area contributed by atoms with Crippen molar-refractivity contribution in [3.63, 3.8) is 0 Å². The minimum absolute atomic E-state index is 0.136. The minimum Gasteiger partial charge on any atom is -0.483 e. The average molecular weight is 438 g/mol. The molecule has 2 aromatic rings. The van der Waals surface area contributed by atoms with Crippen LogP contribution in [-0.2, 0) is 20.7 Å². The number of hydrogen-bond donors (Lipinski definition) is 1. The number of carbonyl (C=O) groups excluding carboxylic acids is 1. The van der Waals surface area contributed by atoms with Crippen LogP contribution >= 0.6 is 0 Å². The SMILES string of the molecule is CC1(C)Oc2cc([N+](=O)[O-])ccc2C(=NCCc2ccccc2)C1OC(=O)C=CC(=O)O. The van der Waals surface area contributed by atoms with Crippen LogP contribution in [-0.4, -0.2) is 45.9 Å². The maximum absolute atomic E-state index is 12.2. The van der Waals surface area contributed by atoms with Gasteiger partial charge in [0.25, 0.3) is 5.69 Å². The molecule has 0 amide bonds. The monoisotopic (exact) mass is 438 g/mol. The predicted molar refractivity (Wildman–Crippen MR) is 116 cm³/mol. The van der Waals surface area contributed by atoms with E-state index in [0.717, 1.165) is 11.6 Å². The summed E-state index contributed by atoms with van der Waals surface area (Å²) in [4.78, 5) is 38.3. The number of hydrogen-bond acceptors (Lipinski definition) is 7. The van der Waals surface area contributed by atoms with Crippen LogP contribution in [0.5, 0.6) is 5.75 Å². The standard InChI is InChI=1S/C23H22N2O7/c1-23(2)22(31-20(28)11-10-19(26)27)21(24-13-12-15-6-4-3-5-7-15)17-9-8-16(25(29)30)14-18(17)32-23/h3-11,14,22H,12-13H2,1-2H3,(H,26,27). The second-order valence-corrected chi connectivity index (χ2v) is 7.63. The molecule has 166 valence electrons. The van der Waals surface area contributed by atoms with Crippen molar-refractivity contribution in [3.05, 3.63) is 81.9 Å². The topological polar surface area (TPSA) is 128 Å². The number of carboxylic acid groups (broad SMARTS) is 1. The zero-order valence-corrected chi connectivity index (χ0v) is 17.6. The maximum Gasteiger partial charge on any atom is 0.331 e. The van der Waals surface area contributed by atoms with Crippen molar-refractivity contribution in [2.45, 2.75) is 32.0 Å². The van der Waals surface area contributed by atoms with Gasteiger partial charge in [0, 0.05) is 30.3 Å². The fourth-order valence-corrected chi connectivity index (χ4v) is 3.34. The van der Waals surface area contributed by atoms with Gasteiger partial charge in [-0.05, 0) is 31.9 Å². The quantitative estimate of drug-likeness (QED) is 0.304. The molecule has 0 spiro atoms. The molecule has 1 unspecified atom stereocenters.